The minimum Gasteiger partial charge on any atom is -0.557 e. The molecule has 0 amide bonds. The Morgan fingerprint density at radius 3 is 2.03 bits per heavy atom. The normalized spacial score (nSPS) is 12.5. The molecule has 0 atom stereocenters. The molecule has 0 saturated carbocycles. The summed E-state index contributed by atoms with van der Waals surface area (Å²) < 4.78 is 27.2. The summed E-state index contributed by atoms with van der Waals surface area (Å²) in [6, 6.07) is 42.7. The molecule has 0 aliphatic rings. The molecule has 0 bridgehead atoms. The van der Waals surface area contributed by atoms with Gasteiger partial charge in [0, 0.05) is 40.4 Å². The maximum atomic E-state index is 8.74. The Balaban J connectivity index is 0.000000265. The van der Waals surface area contributed by atoms with Crippen molar-refractivity contribution in [2.45, 2.75) is 97.3 Å². The first-order chi connectivity index (χ1) is 29.4. The van der Waals surface area contributed by atoms with Crippen molar-refractivity contribution in [3.8, 4) is 39.5 Å². The van der Waals surface area contributed by atoms with Crippen LogP contribution in [0.5, 0.6) is 0 Å². The number of benzene rings is 5. The van der Waals surface area contributed by atoms with Crippen LogP contribution >= 0.6 is 0 Å². The summed E-state index contributed by atoms with van der Waals surface area (Å²) in [5.74, 6) is 9.07. The molecule has 0 spiro atoms. The number of imidazole rings is 1. The van der Waals surface area contributed by atoms with Gasteiger partial charge in [-0.2, -0.15) is 0 Å². The van der Waals surface area contributed by atoms with Gasteiger partial charge in [-0.3, -0.25) is 4.98 Å². The van der Waals surface area contributed by atoms with Gasteiger partial charge in [0.2, 0.25) is 0 Å². The van der Waals surface area contributed by atoms with Crippen molar-refractivity contribution >= 4 is 39.7 Å². The fourth-order valence-electron chi connectivity index (χ4n) is 8.08. The van der Waals surface area contributed by atoms with Crippen LogP contribution in [0.15, 0.2) is 126 Å². The van der Waals surface area contributed by atoms with E-state index in [1.54, 1.807) is 4.40 Å². The molecule has 317 valence electrons. The van der Waals surface area contributed by atoms with Crippen LogP contribution in [-0.2, 0) is 32.9 Å². The van der Waals surface area contributed by atoms with E-state index < -0.39 is 19.6 Å². The average Bonchev–Trinajstić information content (AvgIpc) is 3.84. The van der Waals surface area contributed by atoms with E-state index in [-0.39, 0.29) is 37.9 Å². The van der Waals surface area contributed by atoms with E-state index in [0.717, 1.165) is 51.2 Å². The van der Waals surface area contributed by atoms with Gasteiger partial charge in [-0.1, -0.05) is 119 Å². The molecule has 0 N–H and O–H groups in total. The Kier molecular flexibility index (Phi) is 13.9. The molecule has 1 radical (unpaired) electrons. The third-order valence-corrected chi connectivity index (χ3v) is 15.2. The van der Waals surface area contributed by atoms with E-state index in [9.17, 15) is 0 Å². The molecule has 0 aliphatic carbocycles. The van der Waals surface area contributed by atoms with Gasteiger partial charge in [-0.05, 0) is 70.6 Å². The summed E-state index contributed by atoms with van der Waals surface area (Å²) in [5.41, 5.74) is 13.6. The fourth-order valence-corrected chi connectivity index (χ4v) is 11.4. The third-order valence-electron chi connectivity index (χ3n) is 10.9. The number of fused-ring (bicyclic) bond motifs is 2. The van der Waals surface area contributed by atoms with Gasteiger partial charge in [-0.15, -0.1) is 0 Å². The number of hydrogen-bond donors (Lipinski definition) is 0. The predicted octanol–water partition coefficient (Wildman–Crippen LogP) is 14.6. The molecule has 5 aromatic carbocycles. The van der Waals surface area contributed by atoms with Crippen LogP contribution in [0.2, 0.25) is 17.3 Å². The van der Waals surface area contributed by atoms with Crippen molar-refractivity contribution in [2.75, 3.05) is 0 Å². The zero-order valence-electron chi connectivity index (χ0n) is 39.6. The third kappa shape index (κ3) is 10.4. The zero-order valence-corrected chi connectivity index (χ0v) is 42.1. The Labute approximate surface area is 383 Å². The monoisotopic (exact) mass is 1050 g/mol. The molecule has 8 rings (SSSR count). The molecule has 3 heterocycles. The van der Waals surface area contributed by atoms with Crippen molar-refractivity contribution in [3.05, 3.63) is 156 Å². The minimum absolute atomic E-state index is 0. The Morgan fingerprint density at radius 2 is 1.41 bits per heavy atom. The van der Waals surface area contributed by atoms with Gasteiger partial charge in [-0.25, -0.2) is 0 Å². The van der Waals surface area contributed by atoms with Crippen LogP contribution in [0.4, 0.5) is 0 Å². The molecule has 4 nitrogen and oxygen atoms in total. The SMILES string of the molecule is CC(C)Cc1cc(-c2[c-]cccc2)nc[c]1[Ge]([CH3])([CH3])[CH3].[2H]C([2H])(c1ccc2o[c-]c(-c3nc4ccccc4n3-c3c(C(C)C)cc(-c4ccccc4)cc3C(C)C)c2c1)C(C)C.[Ir]. The standard InChI is InChI=1S/C37H37N2O.C18H24GeN.Ir/c1-23(2)18-26-16-17-35-31(19-26)32(22-40-35)37-38-33-14-10-11-15-34(33)39(37)36-29(24(3)4)20-28(21-30(36)25(5)6)27-12-8-7-9-13-27;1-14(2)11-16-12-18(15-9-7-6-8-10-15)20-13-17(16)19(3,4)5;/h7-17,19-21,23-25H,18H2,1-6H3;6-9,12-14H,11H2,1-5H3;/q2*-1;/i18D2;;. The Hall–Kier alpha value is -4.55. The summed E-state index contributed by atoms with van der Waals surface area (Å²) in [6.07, 6.45) is 4.95. The summed E-state index contributed by atoms with van der Waals surface area (Å²) >= 11 is -1.86. The number of nitrogens with zero attached hydrogens (tertiary/aromatic N) is 3. The number of aromatic nitrogens is 3. The summed E-state index contributed by atoms with van der Waals surface area (Å²) in [6.45, 7) is 17.4. The largest absolute Gasteiger partial charge is 0.557 e. The second-order valence-electron chi connectivity index (χ2n) is 18.4. The molecule has 61 heavy (non-hydrogen) atoms. The number of rotatable bonds is 11. The average molecular weight is 1050 g/mol. The fraction of sp³-hybridized carbons (Fsp3) is 0.309. The first kappa shape index (κ1) is 43.1. The van der Waals surface area contributed by atoms with Crippen molar-refractivity contribution in [1.29, 1.82) is 0 Å². The maximum Gasteiger partial charge on any atom is 0.0774 e. The first-order valence-electron chi connectivity index (χ1n) is 22.6. The molecular formula is C55H61GeIrN3O-2. The van der Waals surface area contributed by atoms with Crippen LogP contribution < -0.4 is 4.40 Å². The molecule has 0 unspecified atom stereocenters. The van der Waals surface area contributed by atoms with Crippen molar-refractivity contribution in [2.24, 2.45) is 11.8 Å². The van der Waals surface area contributed by atoms with Crippen LogP contribution in [0.3, 0.4) is 0 Å². The van der Waals surface area contributed by atoms with Crippen LogP contribution in [-0.4, -0.2) is 27.8 Å². The molecule has 8 aromatic rings. The van der Waals surface area contributed by atoms with Gasteiger partial charge in [0.15, 0.2) is 0 Å². The first-order valence-corrected chi connectivity index (χ1v) is 28.9. The predicted molar refractivity (Wildman–Crippen MR) is 257 cm³/mol. The number of hydrogen-bond acceptors (Lipinski definition) is 3. The van der Waals surface area contributed by atoms with E-state index >= 15 is 0 Å². The van der Waals surface area contributed by atoms with Gasteiger partial charge in [0.25, 0.3) is 0 Å². The molecule has 3 aromatic heterocycles. The van der Waals surface area contributed by atoms with Crippen LogP contribution in [0.1, 0.15) is 92.2 Å². The van der Waals surface area contributed by atoms with Gasteiger partial charge in [0.05, 0.1) is 16.9 Å². The van der Waals surface area contributed by atoms with E-state index in [0.29, 0.717) is 17.1 Å². The Bertz CT molecular complexity index is 2770. The zero-order chi connectivity index (χ0) is 44.5. The maximum absolute atomic E-state index is 8.74. The van der Waals surface area contributed by atoms with Crippen molar-refractivity contribution in [3.63, 3.8) is 0 Å². The van der Waals surface area contributed by atoms with E-state index in [4.69, 9.17) is 17.1 Å². The summed E-state index contributed by atoms with van der Waals surface area (Å²) in [4.78, 5) is 9.87. The summed E-state index contributed by atoms with van der Waals surface area (Å²) in [5, 5.41) is 0.812. The molecule has 0 fully saturated rings. The minimum atomic E-state index is -1.86. The number of para-hydroxylation sites is 2. The van der Waals surface area contributed by atoms with Crippen LogP contribution in [0.25, 0.3) is 61.5 Å². The number of furan rings is 1. The quantitative estimate of drug-likeness (QED) is 0.0958. The van der Waals surface area contributed by atoms with Crippen LogP contribution in [0, 0.1) is 24.2 Å². The van der Waals surface area contributed by atoms with E-state index in [1.165, 1.54) is 27.8 Å². The molecule has 6 heteroatoms. The number of pyridine rings is 1. The van der Waals surface area contributed by atoms with Gasteiger partial charge >= 0.3 is 126 Å². The van der Waals surface area contributed by atoms with Gasteiger partial charge < -0.3 is 8.98 Å². The topological polar surface area (TPSA) is 43.9 Å². The molecular weight excluding hydrogens is 983 g/mol. The second-order valence-corrected chi connectivity index (χ2v) is 28.9. The van der Waals surface area contributed by atoms with Crippen molar-refractivity contribution in [1.82, 2.24) is 14.5 Å². The Morgan fingerprint density at radius 1 is 0.738 bits per heavy atom. The van der Waals surface area contributed by atoms with E-state index in [1.807, 2.05) is 62.4 Å². The van der Waals surface area contributed by atoms with E-state index in [2.05, 4.69) is 149 Å². The second kappa shape index (κ2) is 19.7. The van der Waals surface area contributed by atoms with Gasteiger partial charge in [0.1, 0.15) is 0 Å². The molecule has 0 saturated heterocycles. The smallest absolute Gasteiger partial charge is 0.0774 e. The summed E-state index contributed by atoms with van der Waals surface area (Å²) in [7, 11) is 0. The van der Waals surface area contributed by atoms with Crippen molar-refractivity contribution < 1.29 is 27.3 Å². The molecule has 0 aliphatic heterocycles.